The molecule has 2 aromatic rings. The van der Waals surface area contributed by atoms with Gasteiger partial charge in [-0.3, -0.25) is 4.79 Å². The highest BCUT2D eigenvalue weighted by Crippen LogP contribution is 2.35. The van der Waals surface area contributed by atoms with Crippen LogP contribution in [-0.4, -0.2) is 27.2 Å². The number of amides is 1. The van der Waals surface area contributed by atoms with E-state index in [2.05, 4.69) is 5.32 Å². The molecule has 0 aliphatic heterocycles. The van der Waals surface area contributed by atoms with Crippen LogP contribution >= 0.6 is 11.6 Å². The highest BCUT2D eigenvalue weighted by Gasteiger charge is 2.19. The molecule has 0 heterocycles. The van der Waals surface area contributed by atoms with Crippen LogP contribution in [0.25, 0.3) is 0 Å². The molecular weight excluding hydrogens is 325 g/mol. The van der Waals surface area contributed by atoms with E-state index in [0.29, 0.717) is 16.5 Å². The monoisotopic (exact) mass is 339 g/mol. The summed E-state index contributed by atoms with van der Waals surface area (Å²) >= 11 is 5.81. The van der Waals surface area contributed by atoms with Crippen molar-refractivity contribution in [1.29, 1.82) is 0 Å². The van der Waals surface area contributed by atoms with Crippen LogP contribution < -0.4 is 19.5 Å². The van der Waals surface area contributed by atoms with Gasteiger partial charge in [-0.15, -0.1) is 0 Å². The molecule has 122 valence electrons. The van der Waals surface area contributed by atoms with E-state index < -0.39 is 11.7 Å². The molecule has 0 saturated heterocycles. The molecule has 0 saturated carbocycles. The van der Waals surface area contributed by atoms with Crippen molar-refractivity contribution in [2.75, 3.05) is 26.6 Å². The van der Waals surface area contributed by atoms with Gasteiger partial charge in [0.25, 0.3) is 5.91 Å². The number of halogens is 2. The Morgan fingerprint density at radius 3 is 2.22 bits per heavy atom. The van der Waals surface area contributed by atoms with Gasteiger partial charge in [0.15, 0.2) is 11.5 Å². The minimum absolute atomic E-state index is 0.0284. The molecule has 5 nitrogen and oxygen atoms in total. The van der Waals surface area contributed by atoms with Crippen molar-refractivity contribution in [3.63, 3.8) is 0 Å². The zero-order valence-electron chi connectivity index (χ0n) is 12.8. The van der Waals surface area contributed by atoms with Crippen LogP contribution in [0.3, 0.4) is 0 Å². The smallest absolute Gasteiger partial charge is 0.259 e. The third-order valence-electron chi connectivity index (χ3n) is 3.13. The lowest BCUT2D eigenvalue weighted by Crippen LogP contribution is -2.14. The van der Waals surface area contributed by atoms with Crippen LogP contribution in [0.2, 0.25) is 5.02 Å². The molecule has 0 aromatic heterocycles. The number of rotatable bonds is 5. The molecule has 0 fully saturated rings. The maximum atomic E-state index is 13.7. The van der Waals surface area contributed by atoms with Crippen LogP contribution in [-0.2, 0) is 0 Å². The Balaban J connectivity index is 2.40. The molecule has 0 atom stereocenters. The second kappa shape index (κ2) is 7.19. The van der Waals surface area contributed by atoms with Crippen LogP contribution in [0, 0.1) is 5.82 Å². The fourth-order valence-electron chi connectivity index (χ4n) is 1.99. The number of carbonyl (C=O) groups excluding carboxylic acids is 1. The topological polar surface area (TPSA) is 56.8 Å². The molecule has 23 heavy (non-hydrogen) atoms. The first kappa shape index (κ1) is 16.9. The Morgan fingerprint density at radius 2 is 1.61 bits per heavy atom. The zero-order valence-corrected chi connectivity index (χ0v) is 13.5. The summed E-state index contributed by atoms with van der Waals surface area (Å²) in [6, 6.07) is 6.85. The number of anilines is 1. The van der Waals surface area contributed by atoms with Crippen molar-refractivity contribution in [3.05, 3.63) is 46.7 Å². The maximum absolute atomic E-state index is 13.7. The molecule has 2 rings (SSSR count). The van der Waals surface area contributed by atoms with Crippen LogP contribution in [0.1, 0.15) is 10.4 Å². The normalized spacial score (nSPS) is 10.1. The molecule has 0 bridgehead atoms. The van der Waals surface area contributed by atoms with E-state index in [1.165, 1.54) is 51.7 Å². The SMILES string of the molecule is COc1cc(OC)c(C(=O)Nc2cc(Cl)ccc2F)cc1OC. The Morgan fingerprint density at radius 1 is 1.00 bits per heavy atom. The fourth-order valence-corrected chi connectivity index (χ4v) is 2.16. The van der Waals surface area contributed by atoms with E-state index in [1.807, 2.05) is 0 Å². The van der Waals surface area contributed by atoms with Crippen molar-refractivity contribution in [2.45, 2.75) is 0 Å². The molecular formula is C16H15ClFNO4. The van der Waals surface area contributed by atoms with Crippen molar-refractivity contribution in [1.82, 2.24) is 0 Å². The van der Waals surface area contributed by atoms with Crippen molar-refractivity contribution < 1.29 is 23.4 Å². The fraction of sp³-hybridized carbons (Fsp3) is 0.188. The average Bonchev–Trinajstić information content (AvgIpc) is 2.56. The van der Waals surface area contributed by atoms with Gasteiger partial charge in [-0.2, -0.15) is 0 Å². The summed E-state index contributed by atoms with van der Waals surface area (Å²) in [5.41, 5.74) is 0.142. The number of methoxy groups -OCH3 is 3. The van der Waals surface area contributed by atoms with Gasteiger partial charge < -0.3 is 19.5 Å². The van der Waals surface area contributed by atoms with Crippen molar-refractivity contribution in [2.24, 2.45) is 0 Å². The lowest BCUT2D eigenvalue weighted by atomic mass is 10.1. The molecule has 0 unspecified atom stereocenters. The van der Waals surface area contributed by atoms with Crippen LogP contribution in [0.15, 0.2) is 30.3 Å². The van der Waals surface area contributed by atoms with Gasteiger partial charge >= 0.3 is 0 Å². The number of carbonyl (C=O) groups is 1. The third-order valence-corrected chi connectivity index (χ3v) is 3.36. The zero-order chi connectivity index (χ0) is 17.0. The van der Waals surface area contributed by atoms with Gasteiger partial charge in [0.05, 0.1) is 32.6 Å². The molecule has 0 aliphatic rings. The maximum Gasteiger partial charge on any atom is 0.259 e. The standard InChI is InChI=1S/C16H15ClFNO4/c1-21-13-8-15(23-3)14(22-2)7-10(13)16(20)19-12-6-9(17)4-5-11(12)18/h4-8H,1-3H3,(H,19,20). The minimum Gasteiger partial charge on any atom is -0.496 e. The summed E-state index contributed by atoms with van der Waals surface area (Å²) in [7, 11) is 4.33. The summed E-state index contributed by atoms with van der Waals surface area (Å²) in [5, 5.41) is 2.76. The summed E-state index contributed by atoms with van der Waals surface area (Å²) in [6.45, 7) is 0. The van der Waals surface area contributed by atoms with E-state index >= 15 is 0 Å². The summed E-state index contributed by atoms with van der Waals surface area (Å²) in [5.74, 6) is -0.131. The Kier molecular flexibility index (Phi) is 5.28. The quantitative estimate of drug-likeness (QED) is 0.901. The van der Waals surface area contributed by atoms with E-state index in [-0.39, 0.29) is 17.0 Å². The Hall–Kier alpha value is -2.47. The summed E-state index contributed by atoms with van der Waals surface area (Å²) in [4.78, 5) is 12.4. The van der Waals surface area contributed by atoms with Gasteiger partial charge in [0.2, 0.25) is 0 Å². The van der Waals surface area contributed by atoms with E-state index in [9.17, 15) is 9.18 Å². The second-order valence-electron chi connectivity index (χ2n) is 4.49. The first-order valence-corrected chi connectivity index (χ1v) is 6.94. The van der Waals surface area contributed by atoms with Crippen LogP contribution in [0.5, 0.6) is 17.2 Å². The van der Waals surface area contributed by atoms with Crippen LogP contribution in [0.4, 0.5) is 10.1 Å². The number of ether oxygens (including phenoxy) is 3. The Bertz CT molecular complexity index is 736. The van der Waals surface area contributed by atoms with Gasteiger partial charge in [-0.1, -0.05) is 11.6 Å². The molecule has 0 radical (unpaired) electrons. The summed E-state index contributed by atoms with van der Waals surface area (Å²) in [6.07, 6.45) is 0. The predicted octanol–water partition coefficient (Wildman–Crippen LogP) is 3.76. The van der Waals surface area contributed by atoms with Gasteiger partial charge in [0.1, 0.15) is 11.6 Å². The summed E-state index contributed by atoms with van der Waals surface area (Å²) < 4.78 is 29.2. The lowest BCUT2D eigenvalue weighted by Gasteiger charge is -2.14. The largest absolute Gasteiger partial charge is 0.496 e. The predicted molar refractivity (Wildman–Crippen MR) is 85.5 cm³/mol. The molecule has 2 aromatic carbocycles. The highest BCUT2D eigenvalue weighted by molar-refractivity contribution is 6.31. The first-order chi connectivity index (χ1) is 11.0. The Labute approximate surface area is 137 Å². The van der Waals surface area contributed by atoms with Gasteiger partial charge in [-0.05, 0) is 18.2 Å². The van der Waals surface area contributed by atoms with Crippen molar-refractivity contribution >= 4 is 23.2 Å². The van der Waals surface area contributed by atoms with Crippen molar-refractivity contribution in [3.8, 4) is 17.2 Å². The molecule has 0 spiro atoms. The number of hydrogen-bond acceptors (Lipinski definition) is 4. The molecule has 1 N–H and O–H groups in total. The minimum atomic E-state index is -0.595. The third kappa shape index (κ3) is 3.65. The van der Waals surface area contributed by atoms with E-state index in [1.54, 1.807) is 0 Å². The first-order valence-electron chi connectivity index (χ1n) is 6.56. The second-order valence-corrected chi connectivity index (χ2v) is 4.92. The molecule has 1 amide bonds. The van der Waals surface area contributed by atoms with Gasteiger partial charge in [-0.25, -0.2) is 4.39 Å². The van der Waals surface area contributed by atoms with E-state index in [4.69, 9.17) is 25.8 Å². The number of benzene rings is 2. The number of hydrogen-bond donors (Lipinski definition) is 1. The van der Waals surface area contributed by atoms with E-state index in [0.717, 1.165) is 0 Å². The molecule has 7 heteroatoms. The molecule has 0 aliphatic carbocycles. The number of nitrogens with one attached hydrogen (secondary N) is 1. The highest BCUT2D eigenvalue weighted by atomic mass is 35.5. The average molecular weight is 340 g/mol. The lowest BCUT2D eigenvalue weighted by molar-refractivity contribution is 0.102. The van der Waals surface area contributed by atoms with Gasteiger partial charge in [0, 0.05) is 17.2 Å².